The number of carbonyl (C=O) groups excluding carboxylic acids is 1. The molecule has 0 aliphatic carbocycles. The first-order valence-electron chi connectivity index (χ1n) is 11.8. The zero-order valence-corrected chi connectivity index (χ0v) is 19.6. The van der Waals surface area contributed by atoms with E-state index >= 15 is 0 Å². The summed E-state index contributed by atoms with van der Waals surface area (Å²) in [6, 6.07) is 26.4. The quantitative estimate of drug-likeness (QED) is 0.368. The number of nitrogens with zero attached hydrogens (tertiary/aromatic N) is 4. The first-order valence-corrected chi connectivity index (χ1v) is 11.8. The highest BCUT2D eigenvalue weighted by atomic mass is 16.5. The van der Waals surface area contributed by atoms with Crippen LogP contribution in [0.3, 0.4) is 0 Å². The van der Waals surface area contributed by atoms with Crippen molar-refractivity contribution in [2.24, 2.45) is 12.1 Å². The van der Waals surface area contributed by atoms with Gasteiger partial charge < -0.3 is 14.7 Å². The van der Waals surface area contributed by atoms with E-state index in [-0.39, 0.29) is 12.0 Å². The zero-order valence-electron chi connectivity index (χ0n) is 19.6. The predicted octanol–water partition coefficient (Wildman–Crippen LogP) is 5.11. The molecule has 0 radical (unpaired) electrons. The Morgan fingerprint density at radius 1 is 0.943 bits per heavy atom. The summed E-state index contributed by atoms with van der Waals surface area (Å²) >= 11 is 0. The van der Waals surface area contributed by atoms with E-state index in [0.29, 0.717) is 30.2 Å². The van der Waals surface area contributed by atoms with Gasteiger partial charge >= 0.3 is 5.97 Å². The Kier molecular flexibility index (Phi) is 5.10. The molecule has 2 aromatic heterocycles. The van der Waals surface area contributed by atoms with Gasteiger partial charge in [-0.05, 0) is 35.7 Å². The number of para-hydroxylation sites is 2. The topological polar surface area (TPSA) is 72.9 Å². The highest BCUT2D eigenvalue weighted by molar-refractivity contribution is 6.02. The van der Waals surface area contributed by atoms with E-state index < -0.39 is 0 Å². The minimum Gasteiger partial charge on any atom is -0.461 e. The SMILES string of the molecule is CCOC(=O)c1c(C2CC(c3ccc(-c4ccccc4)cc3)=NN2)nc2n(C)c3ccccc3n12. The number of imidazole rings is 2. The average molecular weight is 464 g/mol. The summed E-state index contributed by atoms with van der Waals surface area (Å²) in [5.41, 5.74) is 10.6. The molecule has 0 bridgehead atoms. The lowest BCUT2D eigenvalue weighted by atomic mass is 9.98. The van der Waals surface area contributed by atoms with Crippen molar-refractivity contribution >= 4 is 28.5 Å². The average Bonchev–Trinajstić information content (AvgIpc) is 3.60. The molecule has 3 aromatic carbocycles. The zero-order chi connectivity index (χ0) is 23.9. The molecule has 1 N–H and O–H groups in total. The molecular formula is C28H25N5O2. The Morgan fingerprint density at radius 2 is 1.60 bits per heavy atom. The lowest BCUT2D eigenvalue weighted by molar-refractivity contribution is 0.0516. The number of hydrogen-bond donors (Lipinski definition) is 1. The Balaban J connectivity index is 1.35. The fraction of sp³-hybridized carbons (Fsp3) is 0.179. The van der Waals surface area contributed by atoms with Crippen LogP contribution < -0.4 is 5.43 Å². The number of ether oxygens (including phenoxy) is 1. The number of aromatic nitrogens is 3. The molecule has 7 heteroatoms. The van der Waals surface area contributed by atoms with E-state index in [9.17, 15) is 4.79 Å². The van der Waals surface area contributed by atoms with Crippen LogP contribution in [0.4, 0.5) is 0 Å². The third kappa shape index (κ3) is 3.47. The van der Waals surface area contributed by atoms with Gasteiger partial charge in [0.2, 0.25) is 5.78 Å². The van der Waals surface area contributed by atoms with Crippen LogP contribution in [0.25, 0.3) is 27.9 Å². The van der Waals surface area contributed by atoms with Crippen molar-refractivity contribution in [3.63, 3.8) is 0 Å². The smallest absolute Gasteiger partial charge is 0.357 e. The fourth-order valence-electron chi connectivity index (χ4n) is 4.83. The molecule has 0 fully saturated rings. The number of nitrogens with one attached hydrogen (secondary N) is 1. The molecule has 0 amide bonds. The molecule has 174 valence electrons. The molecule has 3 heterocycles. The van der Waals surface area contributed by atoms with Crippen molar-refractivity contribution in [2.45, 2.75) is 19.4 Å². The third-order valence-electron chi connectivity index (χ3n) is 6.55. The van der Waals surface area contributed by atoms with Gasteiger partial charge in [-0.1, -0.05) is 66.7 Å². The van der Waals surface area contributed by atoms with Crippen molar-refractivity contribution in [3.05, 3.63) is 95.8 Å². The van der Waals surface area contributed by atoms with Gasteiger partial charge in [-0.3, -0.25) is 4.40 Å². The number of aryl methyl sites for hydroxylation is 1. The second kappa shape index (κ2) is 8.43. The summed E-state index contributed by atoms with van der Waals surface area (Å²) in [6.07, 6.45) is 0.624. The van der Waals surface area contributed by atoms with Crippen molar-refractivity contribution in [1.82, 2.24) is 19.4 Å². The Bertz CT molecular complexity index is 1580. The maximum atomic E-state index is 13.1. The van der Waals surface area contributed by atoms with Gasteiger partial charge in [0.05, 0.1) is 29.4 Å². The monoisotopic (exact) mass is 463 g/mol. The van der Waals surface area contributed by atoms with E-state index in [4.69, 9.17) is 9.72 Å². The summed E-state index contributed by atoms with van der Waals surface area (Å²) < 4.78 is 9.35. The summed E-state index contributed by atoms with van der Waals surface area (Å²) in [5, 5.41) is 4.61. The van der Waals surface area contributed by atoms with Gasteiger partial charge in [0.25, 0.3) is 0 Å². The standard InChI is InChI=1S/C28H25N5O2/c1-3-35-27(34)26-25(29-28-32(2)23-11-7-8-12-24(23)33(26)28)22-17-21(30-31-22)20-15-13-19(14-16-20)18-9-5-4-6-10-18/h4-16,22,31H,3,17H2,1-2H3. The molecular weight excluding hydrogens is 438 g/mol. The van der Waals surface area contributed by atoms with Gasteiger partial charge in [0.15, 0.2) is 5.69 Å². The first-order chi connectivity index (χ1) is 17.2. The second-order valence-electron chi connectivity index (χ2n) is 8.64. The van der Waals surface area contributed by atoms with Crippen LogP contribution in [0.2, 0.25) is 0 Å². The summed E-state index contributed by atoms with van der Waals surface area (Å²) in [4.78, 5) is 18.0. The number of esters is 1. The second-order valence-corrected chi connectivity index (χ2v) is 8.64. The minimum atomic E-state index is -0.381. The van der Waals surface area contributed by atoms with E-state index in [2.05, 4.69) is 46.9 Å². The summed E-state index contributed by atoms with van der Waals surface area (Å²) in [7, 11) is 1.96. The van der Waals surface area contributed by atoms with Crippen LogP contribution in [-0.2, 0) is 11.8 Å². The number of fused-ring (bicyclic) bond motifs is 3. The number of benzene rings is 3. The maximum Gasteiger partial charge on any atom is 0.357 e. The van der Waals surface area contributed by atoms with E-state index in [1.165, 1.54) is 5.56 Å². The molecule has 1 aliphatic rings. The highest BCUT2D eigenvalue weighted by Crippen LogP contribution is 2.31. The maximum absolute atomic E-state index is 13.1. The lowest BCUT2D eigenvalue weighted by Gasteiger charge is -2.10. The molecule has 0 saturated heterocycles. The number of hydrogen-bond acceptors (Lipinski definition) is 5. The fourth-order valence-corrected chi connectivity index (χ4v) is 4.83. The van der Waals surface area contributed by atoms with Gasteiger partial charge in [-0.2, -0.15) is 5.10 Å². The predicted molar refractivity (Wildman–Crippen MR) is 137 cm³/mol. The van der Waals surface area contributed by atoms with Gasteiger partial charge in [-0.25, -0.2) is 9.78 Å². The minimum absolute atomic E-state index is 0.225. The molecule has 1 aliphatic heterocycles. The molecule has 0 saturated carbocycles. The molecule has 35 heavy (non-hydrogen) atoms. The van der Waals surface area contributed by atoms with Crippen LogP contribution in [0.5, 0.6) is 0 Å². The largest absolute Gasteiger partial charge is 0.461 e. The van der Waals surface area contributed by atoms with Crippen LogP contribution >= 0.6 is 0 Å². The Morgan fingerprint density at radius 3 is 2.34 bits per heavy atom. The normalized spacial score (nSPS) is 15.4. The van der Waals surface area contributed by atoms with Crippen molar-refractivity contribution < 1.29 is 9.53 Å². The lowest BCUT2D eigenvalue weighted by Crippen LogP contribution is -2.17. The van der Waals surface area contributed by atoms with Crippen LogP contribution in [0.1, 0.15) is 41.1 Å². The van der Waals surface area contributed by atoms with Crippen LogP contribution in [-0.4, -0.2) is 32.2 Å². The van der Waals surface area contributed by atoms with E-state index in [1.807, 2.05) is 65.4 Å². The van der Waals surface area contributed by atoms with Gasteiger partial charge in [-0.15, -0.1) is 0 Å². The first kappa shape index (κ1) is 21.2. The molecule has 1 unspecified atom stereocenters. The number of rotatable bonds is 5. The highest BCUT2D eigenvalue weighted by Gasteiger charge is 2.32. The number of hydrazone groups is 1. The molecule has 7 nitrogen and oxygen atoms in total. The Hall–Kier alpha value is -4.39. The van der Waals surface area contributed by atoms with E-state index in [0.717, 1.165) is 27.9 Å². The van der Waals surface area contributed by atoms with Crippen molar-refractivity contribution in [2.75, 3.05) is 6.61 Å². The van der Waals surface area contributed by atoms with Crippen LogP contribution in [0.15, 0.2) is 84.0 Å². The summed E-state index contributed by atoms with van der Waals surface area (Å²) in [5.74, 6) is 0.320. The number of carbonyl (C=O) groups is 1. The molecule has 5 aromatic rings. The van der Waals surface area contributed by atoms with E-state index in [1.54, 1.807) is 0 Å². The third-order valence-corrected chi connectivity index (χ3v) is 6.55. The Labute approximate surface area is 202 Å². The molecule has 6 rings (SSSR count). The van der Waals surface area contributed by atoms with Crippen molar-refractivity contribution in [3.8, 4) is 11.1 Å². The molecule has 1 atom stereocenters. The van der Waals surface area contributed by atoms with Crippen molar-refractivity contribution in [1.29, 1.82) is 0 Å². The van der Waals surface area contributed by atoms with Gasteiger partial charge in [0.1, 0.15) is 5.69 Å². The van der Waals surface area contributed by atoms with Crippen LogP contribution in [0, 0.1) is 0 Å². The molecule has 0 spiro atoms. The summed E-state index contributed by atoms with van der Waals surface area (Å²) in [6.45, 7) is 2.11. The van der Waals surface area contributed by atoms with Gasteiger partial charge in [0, 0.05) is 13.5 Å².